The lowest BCUT2D eigenvalue weighted by Crippen LogP contribution is -2.54. The van der Waals surface area contributed by atoms with E-state index in [9.17, 15) is 14.4 Å². The summed E-state index contributed by atoms with van der Waals surface area (Å²) in [7, 11) is 0. The third-order valence-electron chi connectivity index (χ3n) is 5.81. The molecule has 2 N–H and O–H groups in total. The number of fused-ring (bicyclic) bond motifs is 1. The van der Waals surface area contributed by atoms with Crippen LogP contribution >= 0.6 is 0 Å². The molecule has 4 rings (SSSR count). The van der Waals surface area contributed by atoms with E-state index in [4.69, 9.17) is 0 Å². The fourth-order valence-electron chi connectivity index (χ4n) is 5.11. The third kappa shape index (κ3) is 3.71. The van der Waals surface area contributed by atoms with Crippen LogP contribution < -0.4 is 10.6 Å². The molecular formula is C21H27N5O3. The SMILES string of the molecule is C[C@@H]1CC(C)(C)C[C@]2(C1)NC(=O)N(CC(=O)NCc1cn3ccccc3n1)C2=O. The number of carbonyl (C=O) groups is 3. The average Bonchev–Trinajstić information content (AvgIpc) is 3.12. The molecule has 2 fully saturated rings. The highest BCUT2D eigenvalue weighted by Crippen LogP contribution is 2.46. The number of pyridine rings is 1. The van der Waals surface area contributed by atoms with E-state index in [0.717, 1.165) is 17.0 Å². The number of urea groups is 1. The summed E-state index contributed by atoms with van der Waals surface area (Å²) < 4.78 is 1.87. The lowest BCUT2D eigenvalue weighted by Gasteiger charge is -2.43. The van der Waals surface area contributed by atoms with Crippen molar-refractivity contribution in [3.63, 3.8) is 0 Å². The van der Waals surface area contributed by atoms with Crippen LogP contribution in [0.25, 0.3) is 5.65 Å². The number of nitrogens with zero attached hydrogens (tertiary/aromatic N) is 3. The van der Waals surface area contributed by atoms with Gasteiger partial charge in [0.05, 0.1) is 12.2 Å². The summed E-state index contributed by atoms with van der Waals surface area (Å²) in [4.78, 5) is 43.5. The summed E-state index contributed by atoms with van der Waals surface area (Å²) in [5.41, 5.74) is 0.574. The molecule has 2 aromatic rings. The Balaban J connectivity index is 1.40. The van der Waals surface area contributed by atoms with Gasteiger partial charge >= 0.3 is 6.03 Å². The van der Waals surface area contributed by atoms with E-state index < -0.39 is 11.6 Å². The van der Waals surface area contributed by atoms with Gasteiger partial charge in [-0.1, -0.05) is 26.8 Å². The molecule has 1 saturated heterocycles. The minimum absolute atomic E-state index is 0.0397. The third-order valence-corrected chi connectivity index (χ3v) is 5.81. The molecule has 2 aliphatic rings. The molecule has 3 heterocycles. The van der Waals surface area contributed by atoms with Gasteiger partial charge < -0.3 is 15.0 Å². The van der Waals surface area contributed by atoms with Crippen LogP contribution in [0.2, 0.25) is 0 Å². The second-order valence-electron chi connectivity index (χ2n) is 9.23. The first-order valence-electron chi connectivity index (χ1n) is 10.0. The maximum absolute atomic E-state index is 13.1. The topological polar surface area (TPSA) is 95.8 Å². The molecule has 1 saturated carbocycles. The first kappa shape index (κ1) is 19.4. The molecule has 29 heavy (non-hydrogen) atoms. The zero-order valence-electron chi connectivity index (χ0n) is 17.1. The highest BCUT2D eigenvalue weighted by Gasteiger charge is 2.56. The van der Waals surface area contributed by atoms with E-state index in [1.165, 1.54) is 0 Å². The quantitative estimate of drug-likeness (QED) is 0.772. The number of hydrogen-bond acceptors (Lipinski definition) is 4. The summed E-state index contributed by atoms with van der Waals surface area (Å²) in [5, 5.41) is 5.65. The molecule has 0 aromatic carbocycles. The molecule has 2 atom stereocenters. The van der Waals surface area contributed by atoms with E-state index >= 15 is 0 Å². The number of imide groups is 1. The summed E-state index contributed by atoms with van der Waals surface area (Å²) in [6.45, 7) is 6.29. The Morgan fingerprint density at radius 2 is 2.10 bits per heavy atom. The Labute approximate surface area is 169 Å². The Hall–Kier alpha value is -2.90. The van der Waals surface area contributed by atoms with E-state index in [0.29, 0.717) is 24.5 Å². The predicted molar refractivity (Wildman–Crippen MR) is 107 cm³/mol. The van der Waals surface area contributed by atoms with Gasteiger partial charge in [-0.2, -0.15) is 0 Å². The number of aromatic nitrogens is 2. The van der Waals surface area contributed by atoms with Crippen LogP contribution in [0.5, 0.6) is 0 Å². The van der Waals surface area contributed by atoms with Crippen LogP contribution in [0.1, 0.15) is 45.7 Å². The highest BCUT2D eigenvalue weighted by molar-refractivity contribution is 6.09. The summed E-state index contributed by atoms with van der Waals surface area (Å²) in [6, 6.07) is 5.19. The van der Waals surface area contributed by atoms with E-state index in [1.54, 1.807) is 0 Å². The van der Waals surface area contributed by atoms with Crippen LogP contribution in [-0.4, -0.2) is 44.2 Å². The number of imidazole rings is 1. The molecule has 8 heteroatoms. The average molecular weight is 397 g/mol. The molecule has 1 spiro atoms. The van der Waals surface area contributed by atoms with E-state index in [2.05, 4.69) is 36.4 Å². The van der Waals surface area contributed by atoms with Crippen molar-refractivity contribution in [1.82, 2.24) is 24.9 Å². The maximum Gasteiger partial charge on any atom is 0.325 e. The monoisotopic (exact) mass is 397 g/mol. The van der Waals surface area contributed by atoms with Crippen molar-refractivity contribution >= 4 is 23.5 Å². The lowest BCUT2D eigenvalue weighted by atomic mass is 9.64. The van der Waals surface area contributed by atoms with Gasteiger partial charge in [0.1, 0.15) is 17.7 Å². The fourth-order valence-corrected chi connectivity index (χ4v) is 5.11. The molecule has 0 bridgehead atoms. The predicted octanol–water partition coefficient (Wildman–Crippen LogP) is 2.09. The Bertz CT molecular complexity index is 949. The van der Waals surface area contributed by atoms with Gasteiger partial charge in [-0.25, -0.2) is 9.78 Å². The summed E-state index contributed by atoms with van der Waals surface area (Å²) >= 11 is 0. The van der Waals surface area contributed by atoms with Gasteiger partial charge in [0.15, 0.2) is 0 Å². The van der Waals surface area contributed by atoms with Crippen molar-refractivity contribution in [2.24, 2.45) is 11.3 Å². The van der Waals surface area contributed by atoms with Gasteiger partial charge in [-0.3, -0.25) is 14.5 Å². The van der Waals surface area contributed by atoms with Crippen molar-refractivity contribution in [1.29, 1.82) is 0 Å². The number of amides is 4. The van der Waals surface area contributed by atoms with Crippen LogP contribution in [0.4, 0.5) is 4.79 Å². The van der Waals surface area contributed by atoms with Crippen molar-refractivity contribution in [2.45, 2.75) is 52.1 Å². The van der Waals surface area contributed by atoms with Gasteiger partial charge in [0.25, 0.3) is 5.91 Å². The van der Waals surface area contributed by atoms with Crippen LogP contribution in [-0.2, 0) is 16.1 Å². The van der Waals surface area contributed by atoms with Crippen molar-refractivity contribution in [3.05, 3.63) is 36.3 Å². The van der Waals surface area contributed by atoms with Gasteiger partial charge in [-0.15, -0.1) is 0 Å². The fraction of sp³-hybridized carbons (Fsp3) is 0.524. The largest absolute Gasteiger partial charge is 0.349 e. The van der Waals surface area contributed by atoms with Crippen molar-refractivity contribution < 1.29 is 14.4 Å². The van der Waals surface area contributed by atoms with Crippen molar-refractivity contribution in [3.8, 4) is 0 Å². The first-order valence-corrected chi connectivity index (χ1v) is 10.0. The van der Waals surface area contributed by atoms with Crippen LogP contribution in [0.3, 0.4) is 0 Å². The summed E-state index contributed by atoms with van der Waals surface area (Å²) in [5.74, 6) is -0.345. The maximum atomic E-state index is 13.1. The standard InChI is InChI=1S/C21H27N5O3/c1-14-8-20(2,3)13-21(9-14)18(28)26(19(29)24-21)12-17(27)22-10-15-11-25-7-5-4-6-16(25)23-15/h4-7,11,14H,8-10,12-13H2,1-3H3,(H,22,27)(H,24,29)/t14-,21+/m1/s1. The number of carbonyl (C=O) groups excluding carboxylic acids is 3. The highest BCUT2D eigenvalue weighted by atomic mass is 16.2. The molecule has 1 aliphatic heterocycles. The summed E-state index contributed by atoms with van der Waals surface area (Å²) in [6.07, 6.45) is 5.93. The minimum atomic E-state index is -0.889. The molecular weight excluding hydrogens is 370 g/mol. The lowest BCUT2D eigenvalue weighted by molar-refractivity contribution is -0.137. The number of hydrogen-bond donors (Lipinski definition) is 2. The molecule has 0 radical (unpaired) electrons. The van der Waals surface area contributed by atoms with Gasteiger partial charge in [0, 0.05) is 12.4 Å². The first-order chi connectivity index (χ1) is 13.7. The van der Waals surface area contributed by atoms with Crippen molar-refractivity contribution in [2.75, 3.05) is 6.54 Å². The van der Waals surface area contributed by atoms with Gasteiger partial charge in [-0.05, 0) is 42.7 Å². The van der Waals surface area contributed by atoms with E-state index in [1.807, 2.05) is 35.0 Å². The normalized spacial score (nSPS) is 26.2. The van der Waals surface area contributed by atoms with Gasteiger partial charge in [0.2, 0.25) is 5.91 Å². The zero-order chi connectivity index (χ0) is 20.8. The Morgan fingerprint density at radius 3 is 2.83 bits per heavy atom. The Morgan fingerprint density at radius 1 is 1.31 bits per heavy atom. The molecule has 0 unspecified atom stereocenters. The zero-order valence-corrected chi connectivity index (χ0v) is 17.1. The second kappa shape index (κ2) is 6.86. The molecule has 2 aromatic heterocycles. The minimum Gasteiger partial charge on any atom is -0.349 e. The smallest absolute Gasteiger partial charge is 0.325 e. The van der Waals surface area contributed by atoms with Crippen LogP contribution in [0, 0.1) is 11.3 Å². The number of nitrogens with one attached hydrogen (secondary N) is 2. The molecule has 4 amide bonds. The number of rotatable bonds is 4. The van der Waals surface area contributed by atoms with Crippen LogP contribution in [0.15, 0.2) is 30.6 Å². The second-order valence-corrected chi connectivity index (χ2v) is 9.23. The molecule has 8 nitrogen and oxygen atoms in total. The van der Waals surface area contributed by atoms with E-state index in [-0.39, 0.29) is 30.3 Å². The molecule has 154 valence electrons. The Kier molecular flexibility index (Phi) is 4.59. The molecule has 1 aliphatic carbocycles.